The van der Waals surface area contributed by atoms with Gasteiger partial charge in [-0.2, -0.15) is 0 Å². The van der Waals surface area contributed by atoms with Crippen LogP contribution in [-0.2, 0) is 14.4 Å². The van der Waals surface area contributed by atoms with E-state index in [1.165, 1.54) is 6.42 Å². The molecule has 7 heteroatoms. The summed E-state index contributed by atoms with van der Waals surface area (Å²) in [6.07, 6.45) is 2.60. The summed E-state index contributed by atoms with van der Waals surface area (Å²) in [6, 6.07) is 0.447. The van der Waals surface area contributed by atoms with E-state index in [1.807, 2.05) is 4.90 Å². The van der Waals surface area contributed by atoms with Crippen LogP contribution in [0.15, 0.2) is 5.16 Å². The van der Waals surface area contributed by atoms with Crippen LogP contribution in [0.25, 0.3) is 0 Å². The van der Waals surface area contributed by atoms with Crippen molar-refractivity contribution >= 4 is 17.6 Å². The van der Waals surface area contributed by atoms with Crippen LogP contribution in [0.5, 0.6) is 0 Å². The fourth-order valence-corrected chi connectivity index (χ4v) is 3.25. The molecule has 110 valence electrons. The van der Waals surface area contributed by atoms with Crippen LogP contribution < -0.4 is 0 Å². The van der Waals surface area contributed by atoms with E-state index >= 15 is 0 Å². The number of carboxylic acid groups (broad SMARTS) is 1. The van der Waals surface area contributed by atoms with Crippen molar-refractivity contribution < 1.29 is 19.5 Å². The summed E-state index contributed by atoms with van der Waals surface area (Å²) < 4.78 is 0. The van der Waals surface area contributed by atoms with Crippen LogP contribution in [-0.4, -0.2) is 70.8 Å². The molecule has 0 saturated carbocycles. The zero-order valence-electron chi connectivity index (χ0n) is 11.3. The lowest BCUT2D eigenvalue weighted by molar-refractivity contribution is -0.142. The molecular formula is C13H19N3O4. The molecule has 0 aromatic heterocycles. The van der Waals surface area contributed by atoms with Gasteiger partial charge in [0.15, 0.2) is 5.71 Å². The Bertz CT molecular complexity index is 451. The average Bonchev–Trinajstić information content (AvgIpc) is 3.03. The number of hydrogen-bond donors (Lipinski definition) is 1. The van der Waals surface area contributed by atoms with E-state index in [2.05, 4.69) is 10.1 Å². The number of hydrogen-bond acceptors (Lipinski definition) is 5. The maximum absolute atomic E-state index is 12.4. The van der Waals surface area contributed by atoms with Crippen LogP contribution in [0.1, 0.15) is 25.7 Å². The van der Waals surface area contributed by atoms with Crippen LogP contribution in [0.4, 0.5) is 0 Å². The zero-order valence-corrected chi connectivity index (χ0v) is 11.3. The smallest absolute Gasteiger partial charge is 0.353 e. The van der Waals surface area contributed by atoms with Gasteiger partial charge >= 0.3 is 5.97 Å². The molecule has 3 rings (SSSR count). The summed E-state index contributed by atoms with van der Waals surface area (Å²) in [6.45, 7) is 3.60. The maximum atomic E-state index is 12.4. The zero-order chi connectivity index (χ0) is 14.1. The van der Waals surface area contributed by atoms with Gasteiger partial charge in [-0.3, -0.25) is 9.69 Å². The molecule has 0 aliphatic carbocycles. The van der Waals surface area contributed by atoms with Gasteiger partial charge in [0.1, 0.15) is 0 Å². The van der Waals surface area contributed by atoms with Gasteiger partial charge in [-0.05, 0) is 25.8 Å². The Labute approximate surface area is 117 Å². The van der Waals surface area contributed by atoms with E-state index in [0.717, 1.165) is 32.5 Å². The molecular weight excluding hydrogens is 262 g/mol. The Morgan fingerprint density at radius 2 is 2.05 bits per heavy atom. The van der Waals surface area contributed by atoms with E-state index in [0.29, 0.717) is 12.6 Å². The molecule has 20 heavy (non-hydrogen) atoms. The summed E-state index contributed by atoms with van der Waals surface area (Å²) in [4.78, 5) is 32.5. The van der Waals surface area contributed by atoms with Gasteiger partial charge in [0, 0.05) is 32.1 Å². The molecule has 0 spiro atoms. The number of fused-ring (bicyclic) bond motifs is 1. The highest BCUT2D eigenvalue weighted by Crippen LogP contribution is 2.23. The van der Waals surface area contributed by atoms with E-state index < -0.39 is 12.1 Å². The second kappa shape index (κ2) is 5.40. The molecule has 3 aliphatic rings. The number of aliphatic carboxylic acids is 1. The lowest BCUT2D eigenvalue weighted by Crippen LogP contribution is -2.44. The van der Waals surface area contributed by atoms with Crippen molar-refractivity contribution in [1.29, 1.82) is 0 Å². The minimum absolute atomic E-state index is 0.0685. The van der Waals surface area contributed by atoms with E-state index in [-0.39, 0.29) is 18.0 Å². The minimum Gasteiger partial charge on any atom is -0.477 e. The Balaban J connectivity index is 1.61. The van der Waals surface area contributed by atoms with Gasteiger partial charge in [-0.25, -0.2) is 4.79 Å². The SMILES string of the molecule is O=C(O)C1=NOC(C(=O)N2CCCN3CCCC3C2)C1. The van der Waals surface area contributed by atoms with Crippen LogP contribution in [0, 0.1) is 0 Å². The Hall–Kier alpha value is -1.63. The van der Waals surface area contributed by atoms with Crippen LogP contribution in [0.3, 0.4) is 0 Å². The van der Waals surface area contributed by atoms with E-state index in [4.69, 9.17) is 9.94 Å². The minimum atomic E-state index is -1.11. The van der Waals surface area contributed by atoms with Gasteiger partial charge in [0.25, 0.3) is 5.91 Å². The molecule has 0 radical (unpaired) electrons. The molecule has 2 atom stereocenters. The van der Waals surface area contributed by atoms with Crippen molar-refractivity contribution in [1.82, 2.24) is 9.80 Å². The van der Waals surface area contributed by atoms with E-state index in [9.17, 15) is 9.59 Å². The largest absolute Gasteiger partial charge is 0.477 e. The maximum Gasteiger partial charge on any atom is 0.353 e. The number of carbonyl (C=O) groups excluding carboxylic acids is 1. The Morgan fingerprint density at radius 3 is 2.80 bits per heavy atom. The molecule has 2 saturated heterocycles. The summed E-state index contributed by atoms with van der Waals surface area (Å²) in [7, 11) is 0. The van der Waals surface area contributed by atoms with Crippen molar-refractivity contribution in [3.63, 3.8) is 0 Å². The number of amides is 1. The Kier molecular flexibility index (Phi) is 3.60. The fourth-order valence-electron chi connectivity index (χ4n) is 3.25. The average molecular weight is 281 g/mol. The first kappa shape index (κ1) is 13.4. The van der Waals surface area contributed by atoms with Gasteiger partial charge in [-0.15, -0.1) is 0 Å². The first-order valence-electron chi connectivity index (χ1n) is 7.14. The quantitative estimate of drug-likeness (QED) is 0.765. The highest BCUT2D eigenvalue weighted by molar-refractivity contribution is 6.36. The third kappa shape index (κ3) is 2.49. The first-order chi connectivity index (χ1) is 9.65. The number of oxime groups is 1. The predicted molar refractivity (Wildman–Crippen MR) is 70.4 cm³/mol. The molecule has 1 N–H and O–H groups in total. The van der Waals surface area contributed by atoms with Crippen molar-refractivity contribution in [2.45, 2.75) is 37.8 Å². The summed E-state index contributed by atoms with van der Waals surface area (Å²) in [5.41, 5.74) is -0.0688. The number of carboxylic acids is 1. The van der Waals surface area contributed by atoms with Crippen molar-refractivity contribution in [3.05, 3.63) is 0 Å². The van der Waals surface area contributed by atoms with Crippen molar-refractivity contribution in [3.8, 4) is 0 Å². The molecule has 2 unspecified atom stereocenters. The number of carbonyl (C=O) groups is 2. The van der Waals surface area contributed by atoms with Crippen LogP contribution >= 0.6 is 0 Å². The second-order valence-electron chi connectivity index (χ2n) is 5.61. The summed E-state index contributed by atoms with van der Waals surface area (Å²) in [5.74, 6) is -1.24. The molecule has 0 aromatic rings. The van der Waals surface area contributed by atoms with Crippen molar-refractivity contribution in [2.24, 2.45) is 5.16 Å². The molecule has 0 bridgehead atoms. The van der Waals surface area contributed by atoms with Gasteiger partial charge in [0.05, 0.1) is 0 Å². The lowest BCUT2D eigenvalue weighted by atomic mass is 10.1. The third-order valence-corrected chi connectivity index (χ3v) is 4.31. The topological polar surface area (TPSA) is 82.4 Å². The normalized spacial score (nSPS) is 30.4. The molecule has 3 heterocycles. The number of rotatable bonds is 2. The third-order valence-electron chi connectivity index (χ3n) is 4.31. The molecule has 1 amide bonds. The molecule has 3 aliphatic heterocycles. The number of nitrogens with zero attached hydrogens (tertiary/aromatic N) is 3. The van der Waals surface area contributed by atoms with Crippen LogP contribution in [0.2, 0.25) is 0 Å². The monoisotopic (exact) mass is 281 g/mol. The molecule has 0 aromatic carbocycles. The fraction of sp³-hybridized carbons (Fsp3) is 0.769. The lowest BCUT2D eigenvalue weighted by Gasteiger charge is -2.26. The van der Waals surface area contributed by atoms with Crippen molar-refractivity contribution in [2.75, 3.05) is 26.2 Å². The first-order valence-corrected chi connectivity index (χ1v) is 7.14. The van der Waals surface area contributed by atoms with E-state index in [1.54, 1.807) is 0 Å². The standard InChI is InChI=1S/C13H19N3O4/c17-12(11-7-10(13(18)19)14-20-11)16-6-2-5-15-4-1-3-9(15)8-16/h9,11H,1-8H2,(H,18,19). The van der Waals surface area contributed by atoms with Gasteiger partial charge in [0.2, 0.25) is 6.10 Å². The van der Waals surface area contributed by atoms with Gasteiger partial charge in [-0.1, -0.05) is 5.16 Å². The second-order valence-corrected chi connectivity index (χ2v) is 5.61. The Morgan fingerprint density at radius 1 is 1.25 bits per heavy atom. The predicted octanol–water partition coefficient (Wildman–Crippen LogP) is -0.0874. The summed E-state index contributed by atoms with van der Waals surface area (Å²) in [5, 5.41) is 12.3. The summed E-state index contributed by atoms with van der Waals surface area (Å²) >= 11 is 0. The molecule has 2 fully saturated rings. The highest BCUT2D eigenvalue weighted by atomic mass is 16.6. The van der Waals surface area contributed by atoms with Gasteiger partial charge < -0.3 is 14.8 Å². The molecule has 7 nitrogen and oxygen atoms in total. The highest BCUT2D eigenvalue weighted by Gasteiger charge is 2.37.